The quantitative estimate of drug-likeness (QED) is 0.0346. The summed E-state index contributed by atoms with van der Waals surface area (Å²) in [7, 11) is -6.11. The van der Waals surface area contributed by atoms with Crippen molar-refractivity contribution in [3.05, 3.63) is 163 Å². The minimum absolute atomic E-state index is 0.315. The van der Waals surface area contributed by atoms with Crippen LogP contribution in [0.5, 0.6) is 0 Å². The fraction of sp³-hybridized carbons (Fsp3) is 0.500. The number of aryl methyl sites for hydroxylation is 8. The van der Waals surface area contributed by atoms with Crippen molar-refractivity contribution in [3.8, 4) is 11.1 Å². The average Bonchev–Trinajstić information content (AvgIpc) is 3.41. The molecule has 6 heteroatoms. The molecule has 4 N–H and O–H groups in total. The molecule has 4 nitrogen and oxygen atoms in total. The number of hydrogen-bond donors (Lipinski definition) is 4. The molecule has 2 aliphatic carbocycles. The second-order valence-corrected chi connectivity index (χ2v) is 24.7. The summed E-state index contributed by atoms with van der Waals surface area (Å²) in [5.41, 5.74) is 21.4. The standard InChI is InChI=1S/C68H92O4P2/c1-9-17-26-48-36-40-56(52(44-48)30-21-13-5)60-34-25-35-61-62(60)67-65(61)63(57-41-37-49(27-18-10-2)45-53(57)31-22-14-6)64(58-42-38-50(28-19-11-3)46-54(58)32-23-15-7)66(68(67,73(69)70)74(71)72)59-43-39-51(29-20-12-4)47-55(59)33-24-16-8/h25,34-47,63,69-72H,9-24,26-33H2,1-8H3. The lowest BCUT2D eigenvalue weighted by atomic mass is 9.59. The maximum Gasteiger partial charge on any atom is 0.190 e. The van der Waals surface area contributed by atoms with Crippen LogP contribution >= 0.6 is 16.8 Å². The highest BCUT2D eigenvalue weighted by Gasteiger charge is 2.62. The first-order valence-electron chi connectivity index (χ1n) is 29.5. The van der Waals surface area contributed by atoms with E-state index in [1.165, 1.54) is 44.5 Å². The average molecular weight is 1040 g/mol. The van der Waals surface area contributed by atoms with Gasteiger partial charge < -0.3 is 19.6 Å². The Kier molecular flexibility index (Phi) is 22.0. The van der Waals surface area contributed by atoms with Crippen LogP contribution in [0.1, 0.15) is 236 Å². The van der Waals surface area contributed by atoms with E-state index < -0.39 is 21.6 Å². The van der Waals surface area contributed by atoms with Gasteiger partial charge in [0.15, 0.2) is 21.6 Å². The first-order chi connectivity index (χ1) is 36.1. The van der Waals surface area contributed by atoms with Gasteiger partial charge in [0.05, 0.1) is 0 Å². The Labute approximate surface area is 451 Å². The molecule has 2 aliphatic rings. The monoisotopic (exact) mass is 1030 g/mol. The predicted octanol–water partition coefficient (Wildman–Crippen LogP) is 19.0. The van der Waals surface area contributed by atoms with Gasteiger partial charge in [0, 0.05) is 5.92 Å². The van der Waals surface area contributed by atoms with Gasteiger partial charge in [-0.1, -0.05) is 198 Å². The van der Waals surface area contributed by atoms with Gasteiger partial charge in [0.25, 0.3) is 0 Å². The van der Waals surface area contributed by atoms with Crippen molar-refractivity contribution in [1.82, 2.24) is 0 Å². The van der Waals surface area contributed by atoms with Crippen molar-refractivity contribution >= 4 is 39.0 Å². The molecule has 0 aliphatic heterocycles. The van der Waals surface area contributed by atoms with Crippen LogP contribution in [0.3, 0.4) is 0 Å². The zero-order valence-corrected chi connectivity index (χ0v) is 48.7. The number of benzene rings is 5. The molecule has 0 spiro atoms. The highest BCUT2D eigenvalue weighted by molar-refractivity contribution is 7.68. The van der Waals surface area contributed by atoms with Crippen LogP contribution in [0.2, 0.25) is 0 Å². The summed E-state index contributed by atoms with van der Waals surface area (Å²) in [6.45, 7) is 18.1. The molecular weight excluding hydrogens is 943 g/mol. The van der Waals surface area contributed by atoms with Gasteiger partial charge in [0.1, 0.15) is 0 Å². The summed E-state index contributed by atoms with van der Waals surface area (Å²) in [4.78, 5) is 49.6. The van der Waals surface area contributed by atoms with Crippen LogP contribution in [0, 0.1) is 0 Å². The maximum atomic E-state index is 12.9. The lowest BCUT2D eigenvalue weighted by Gasteiger charge is -2.53. The molecule has 5 aromatic rings. The van der Waals surface area contributed by atoms with E-state index in [1.54, 1.807) is 0 Å². The topological polar surface area (TPSA) is 80.9 Å². The van der Waals surface area contributed by atoms with E-state index in [4.69, 9.17) is 0 Å². The van der Waals surface area contributed by atoms with Gasteiger partial charge >= 0.3 is 0 Å². The smallest absolute Gasteiger partial charge is 0.190 e. The number of unbranched alkanes of at least 4 members (excludes halogenated alkanes) is 8. The highest BCUT2D eigenvalue weighted by atomic mass is 31.2. The minimum Gasteiger partial charge on any atom is -0.349 e. The Morgan fingerprint density at radius 2 is 0.703 bits per heavy atom. The molecule has 5 aromatic carbocycles. The summed E-state index contributed by atoms with van der Waals surface area (Å²) >= 11 is 0. The second kappa shape index (κ2) is 28.1. The molecule has 0 bridgehead atoms. The normalized spacial score (nSPS) is 15.1. The number of hydrogen-bond acceptors (Lipinski definition) is 4. The third kappa shape index (κ3) is 12.3. The van der Waals surface area contributed by atoms with Crippen LogP contribution in [0.4, 0.5) is 0 Å². The van der Waals surface area contributed by atoms with E-state index in [0.29, 0.717) is 5.57 Å². The predicted molar refractivity (Wildman–Crippen MR) is 322 cm³/mol. The van der Waals surface area contributed by atoms with Crippen LogP contribution in [-0.4, -0.2) is 24.5 Å². The first kappa shape index (κ1) is 58.0. The minimum atomic E-state index is -3.05. The number of rotatable bonds is 30. The van der Waals surface area contributed by atoms with Gasteiger partial charge in [0.2, 0.25) is 0 Å². The van der Waals surface area contributed by atoms with Crippen molar-refractivity contribution in [2.24, 2.45) is 0 Å². The van der Waals surface area contributed by atoms with E-state index in [-0.39, 0.29) is 5.92 Å². The lowest BCUT2D eigenvalue weighted by molar-refractivity contribution is 0.447. The second-order valence-electron chi connectivity index (χ2n) is 21.8. The highest BCUT2D eigenvalue weighted by Crippen LogP contribution is 2.80. The van der Waals surface area contributed by atoms with E-state index in [2.05, 4.69) is 146 Å². The SMILES string of the molecule is CCCCc1ccc(C2=C(c3ccc(CCCC)cc3CCCC)C(P(O)O)(P(O)O)C3=C(c4cccc(-c5ccc(CCCC)cc5CCCC)c43)C2c2ccc(CCCC)cc2CCCC)c(CCCC)c1. The van der Waals surface area contributed by atoms with E-state index in [0.717, 1.165) is 210 Å². The number of fused-ring (bicyclic) bond motifs is 3. The Balaban J connectivity index is 1.70. The molecule has 0 amide bonds. The molecule has 0 saturated heterocycles. The van der Waals surface area contributed by atoms with Crippen molar-refractivity contribution in [1.29, 1.82) is 0 Å². The van der Waals surface area contributed by atoms with E-state index in [1.807, 2.05) is 0 Å². The summed E-state index contributed by atoms with van der Waals surface area (Å²) < 4.78 is 0. The fourth-order valence-electron chi connectivity index (χ4n) is 12.3. The van der Waals surface area contributed by atoms with Crippen molar-refractivity contribution in [2.45, 2.75) is 220 Å². The van der Waals surface area contributed by atoms with Crippen molar-refractivity contribution < 1.29 is 19.6 Å². The van der Waals surface area contributed by atoms with Crippen LogP contribution in [0.25, 0.3) is 33.4 Å². The maximum absolute atomic E-state index is 12.9. The lowest BCUT2D eigenvalue weighted by Crippen LogP contribution is -2.39. The largest absolute Gasteiger partial charge is 0.349 e. The summed E-state index contributed by atoms with van der Waals surface area (Å²) in [5, 5.41) is 0. The molecule has 0 heterocycles. The van der Waals surface area contributed by atoms with Crippen molar-refractivity contribution in [2.75, 3.05) is 0 Å². The van der Waals surface area contributed by atoms with Gasteiger partial charge in [-0.3, -0.25) is 0 Å². The molecule has 1 atom stereocenters. The van der Waals surface area contributed by atoms with Gasteiger partial charge in [-0.2, -0.15) is 0 Å². The zero-order chi connectivity index (χ0) is 52.8. The fourth-order valence-corrected chi connectivity index (χ4v) is 14.6. The van der Waals surface area contributed by atoms with E-state index in [9.17, 15) is 19.6 Å². The Bertz CT molecular complexity index is 2700. The summed E-state index contributed by atoms with van der Waals surface area (Å²) in [6.07, 6.45) is 24.8. The molecule has 0 radical (unpaired) electrons. The summed E-state index contributed by atoms with van der Waals surface area (Å²) in [5.74, 6) is -0.315. The van der Waals surface area contributed by atoms with E-state index >= 15 is 0 Å². The molecule has 7 rings (SSSR count). The molecule has 74 heavy (non-hydrogen) atoms. The molecule has 398 valence electrons. The van der Waals surface area contributed by atoms with Crippen LogP contribution in [-0.2, 0) is 51.4 Å². The van der Waals surface area contributed by atoms with Gasteiger partial charge in [-0.15, -0.1) is 0 Å². The Hall–Kier alpha value is -3.72. The molecule has 0 saturated carbocycles. The molecule has 0 aromatic heterocycles. The van der Waals surface area contributed by atoms with Crippen LogP contribution in [0.15, 0.2) is 91.0 Å². The Morgan fingerprint density at radius 1 is 0.351 bits per heavy atom. The third-order valence-corrected chi connectivity index (χ3v) is 19.5. The summed E-state index contributed by atoms with van der Waals surface area (Å²) in [6, 6.07) is 35.0. The van der Waals surface area contributed by atoms with Gasteiger partial charge in [-0.05, 0) is 208 Å². The van der Waals surface area contributed by atoms with Crippen LogP contribution < -0.4 is 0 Å². The molecule has 0 fully saturated rings. The van der Waals surface area contributed by atoms with Crippen molar-refractivity contribution in [3.63, 3.8) is 0 Å². The zero-order valence-electron chi connectivity index (χ0n) is 46.9. The molecule has 1 unspecified atom stereocenters. The third-order valence-electron chi connectivity index (χ3n) is 16.3. The number of allylic oxidation sites excluding steroid dienone is 4. The Morgan fingerprint density at radius 3 is 1.16 bits per heavy atom. The first-order valence-corrected chi connectivity index (χ1v) is 32.0. The van der Waals surface area contributed by atoms with Gasteiger partial charge in [-0.25, -0.2) is 0 Å². The molecular formula is C68H92O4P2.